The number of amides is 2. The molecule has 0 aromatic carbocycles. The Balaban J connectivity index is 3.40. The zero-order chi connectivity index (χ0) is 6.57. The second-order valence-corrected chi connectivity index (χ2v) is 1.97. The van der Waals surface area contributed by atoms with Crippen LogP contribution in [0.15, 0.2) is 0 Å². The molecule has 2 amide bonds. The first kappa shape index (κ1) is 7.58. The molecule has 46 valence electrons. The van der Waals surface area contributed by atoms with E-state index in [1.54, 1.807) is 4.84 Å². The summed E-state index contributed by atoms with van der Waals surface area (Å²) < 4.78 is 0. The average molecular weight is 155 g/mol. The fourth-order valence-electron chi connectivity index (χ4n) is 0.111. The van der Waals surface area contributed by atoms with E-state index < -0.39 is 10.5 Å². The van der Waals surface area contributed by atoms with Crippen LogP contribution in [0.4, 0.5) is 9.59 Å². The molecular formula is C2H3ClN2O2S. The smallest absolute Gasteiger partial charge is 0.302 e. The molecule has 0 bridgehead atoms. The molecule has 0 saturated carbocycles. The molecule has 0 fully saturated rings. The largest absolute Gasteiger partial charge is 0.360 e. The van der Waals surface area contributed by atoms with Gasteiger partial charge >= 0.3 is 5.24 Å². The lowest BCUT2D eigenvalue weighted by atomic mass is 11.4. The van der Waals surface area contributed by atoms with Gasteiger partial charge in [0.15, 0.2) is 0 Å². The molecule has 0 unspecified atom stereocenters. The summed E-state index contributed by atoms with van der Waals surface area (Å²) in [5.41, 5.74) is 4.57. The summed E-state index contributed by atoms with van der Waals surface area (Å²) in [4.78, 5) is 21.6. The Kier molecular flexibility index (Phi) is 3.38. The molecule has 0 aliphatic carbocycles. The van der Waals surface area contributed by atoms with E-state index >= 15 is 0 Å². The number of nitrogens with one attached hydrogen (secondary N) is 1. The van der Waals surface area contributed by atoms with Gasteiger partial charge in [0.05, 0.1) is 0 Å². The van der Waals surface area contributed by atoms with Crippen LogP contribution in [0.5, 0.6) is 0 Å². The molecule has 4 nitrogen and oxygen atoms in total. The first-order chi connectivity index (χ1) is 3.66. The van der Waals surface area contributed by atoms with Crippen molar-refractivity contribution in [2.24, 2.45) is 5.73 Å². The average Bonchev–Trinajstić information content (AvgIpc) is 1.65. The van der Waals surface area contributed by atoms with E-state index in [9.17, 15) is 9.59 Å². The van der Waals surface area contributed by atoms with Crippen LogP contribution in [0, 0.1) is 0 Å². The molecule has 0 atom stereocenters. The third kappa shape index (κ3) is 3.76. The summed E-state index contributed by atoms with van der Waals surface area (Å²) in [7, 11) is 0. The molecule has 0 radical (unpaired) electrons. The van der Waals surface area contributed by atoms with Crippen LogP contribution in [0.2, 0.25) is 0 Å². The molecule has 6 heteroatoms. The van der Waals surface area contributed by atoms with Crippen molar-refractivity contribution in [3.05, 3.63) is 0 Å². The van der Waals surface area contributed by atoms with Gasteiger partial charge in [-0.3, -0.25) is 14.4 Å². The molecule has 0 heterocycles. The highest BCUT2D eigenvalue weighted by atomic mass is 35.5. The highest BCUT2D eigenvalue weighted by Crippen LogP contribution is 1.99. The predicted molar refractivity (Wildman–Crippen MR) is 31.6 cm³/mol. The second-order valence-electron chi connectivity index (χ2n) is 0.803. The Morgan fingerprint density at radius 3 is 2.25 bits per heavy atom. The lowest BCUT2D eigenvalue weighted by Crippen LogP contribution is -2.12. The molecule has 3 N–H and O–H groups in total. The van der Waals surface area contributed by atoms with E-state index in [1.807, 2.05) is 0 Å². The Morgan fingerprint density at radius 2 is 2.12 bits per heavy atom. The van der Waals surface area contributed by atoms with Gasteiger partial charge in [0.2, 0.25) is 0 Å². The van der Waals surface area contributed by atoms with Crippen molar-refractivity contribution in [3.63, 3.8) is 0 Å². The third-order valence-corrected chi connectivity index (χ3v) is 1.04. The molecular weight excluding hydrogens is 152 g/mol. The minimum absolute atomic E-state index is 0.311. The molecule has 0 spiro atoms. The van der Waals surface area contributed by atoms with E-state index in [2.05, 4.69) is 5.73 Å². The standard InChI is InChI=1S/C2H3ClN2O2S/c3-5-2(7)8-1(4)6/h(H2,4,6)(H,5,7). The zero-order valence-corrected chi connectivity index (χ0v) is 5.25. The van der Waals surface area contributed by atoms with Gasteiger partial charge in [0.25, 0.3) is 5.24 Å². The number of rotatable bonds is 0. The maximum absolute atomic E-state index is 10.0. The van der Waals surface area contributed by atoms with Crippen molar-refractivity contribution in [1.29, 1.82) is 0 Å². The molecule has 0 aromatic rings. The summed E-state index contributed by atoms with van der Waals surface area (Å²) in [5.74, 6) is 0. The van der Waals surface area contributed by atoms with Gasteiger partial charge in [-0.25, -0.2) is 0 Å². The normalized spacial score (nSPS) is 8.12. The van der Waals surface area contributed by atoms with Crippen molar-refractivity contribution in [1.82, 2.24) is 4.84 Å². The summed E-state index contributed by atoms with van der Waals surface area (Å²) >= 11 is 5.08. The lowest BCUT2D eigenvalue weighted by molar-refractivity contribution is 0.263. The quantitative estimate of drug-likeness (QED) is 0.504. The SMILES string of the molecule is NC(=O)SC(=O)NCl. The molecule has 0 aliphatic rings. The van der Waals surface area contributed by atoms with Gasteiger partial charge in [-0.2, -0.15) is 0 Å². The number of carbonyl (C=O) groups excluding carboxylic acids is 2. The highest BCUT2D eigenvalue weighted by Gasteiger charge is 2.02. The van der Waals surface area contributed by atoms with Crippen molar-refractivity contribution >= 4 is 34.0 Å². The predicted octanol–water partition coefficient (Wildman–Crippen LogP) is 0.662. The first-order valence-electron chi connectivity index (χ1n) is 1.54. The molecule has 0 aliphatic heterocycles. The van der Waals surface area contributed by atoms with Crippen LogP contribution in [-0.4, -0.2) is 10.5 Å². The van der Waals surface area contributed by atoms with E-state index in [4.69, 9.17) is 11.8 Å². The number of carbonyl (C=O) groups is 2. The van der Waals surface area contributed by atoms with Crippen molar-refractivity contribution in [3.8, 4) is 0 Å². The molecule has 0 aromatic heterocycles. The topological polar surface area (TPSA) is 72.2 Å². The number of hydrogen-bond acceptors (Lipinski definition) is 3. The van der Waals surface area contributed by atoms with Crippen LogP contribution in [0.3, 0.4) is 0 Å². The lowest BCUT2D eigenvalue weighted by Gasteiger charge is -1.87. The van der Waals surface area contributed by atoms with Gasteiger partial charge in [0.1, 0.15) is 0 Å². The van der Waals surface area contributed by atoms with Crippen molar-refractivity contribution in [2.75, 3.05) is 0 Å². The fourth-order valence-corrected chi connectivity index (χ4v) is 0.448. The number of hydrogen-bond donors (Lipinski definition) is 2. The van der Waals surface area contributed by atoms with E-state index in [0.29, 0.717) is 11.8 Å². The maximum atomic E-state index is 10.0. The van der Waals surface area contributed by atoms with Crippen LogP contribution >= 0.6 is 23.5 Å². The Morgan fingerprint density at radius 1 is 1.62 bits per heavy atom. The minimum Gasteiger partial charge on any atom is -0.360 e. The summed E-state index contributed by atoms with van der Waals surface area (Å²) in [6.45, 7) is 0. The summed E-state index contributed by atoms with van der Waals surface area (Å²) in [6, 6.07) is 0. The van der Waals surface area contributed by atoms with Crippen LogP contribution < -0.4 is 10.6 Å². The van der Waals surface area contributed by atoms with Crippen LogP contribution in [0.25, 0.3) is 0 Å². The van der Waals surface area contributed by atoms with Gasteiger partial charge < -0.3 is 5.73 Å². The van der Waals surface area contributed by atoms with Gasteiger partial charge in [0, 0.05) is 23.5 Å². The Hall–Kier alpha value is -0.420. The summed E-state index contributed by atoms with van der Waals surface area (Å²) in [6.07, 6.45) is 0. The van der Waals surface area contributed by atoms with E-state index in [-0.39, 0.29) is 0 Å². The van der Waals surface area contributed by atoms with Gasteiger partial charge in [-0.05, 0) is 0 Å². The number of nitrogens with two attached hydrogens (primary N) is 1. The number of halogens is 1. The van der Waals surface area contributed by atoms with E-state index in [1.165, 1.54) is 0 Å². The Bertz CT molecular complexity index is 117. The third-order valence-electron chi connectivity index (χ3n) is 0.270. The highest BCUT2D eigenvalue weighted by molar-refractivity contribution is 8.26. The summed E-state index contributed by atoms with van der Waals surface area (Å²) in [5, 5.41) is -1.44. The van der Waals surface area contributed by atoms with Crippen molar-refractivity contribution in [2.45, 2.75) is 0 Å². The van der Waals surface area contributed by atoms with Crippen LogP contribution in [-0.2, 0) is 0 Å². The maximum Gasteiger partial charge on any atom is 0.302 e. The van der Waals surface area contributed by atoms with Crippen molar-refractivity contribution < 1.29 is 9.59 Å². The zero-order valence-electron chi connectivity index (χ0n) is 3.68. The number of thioether (sulfide) groups is 1. The molecule has 0 saturated heterocycles. The molecule has 8 heavy (non-hydrogen) atoms. The monoisotopic (exact) mass is 154 g/mol. The Labute approximate surface area is 54.9 Å². The first-order valence-corrected chi connectivity index (χ1v) is 2.74. The molecule has 0 rings (SSSR count). The number of primary amides is 1. The van der Waals surface area contributed by atoms with E-state index in [0.717, 1.165) is 0 Å². The fraction of sp³-hybridized carbons (Fsp3) is 0. The van der Waals surface area contributed by atoms with Crippen LogP contribution in [0.1, 0.15) is 0 Å². The second kappa shape index (κ2) is 3.57. The minimum atomic E-state index is -0.775. The van der Waals surface area contributed by atoms with Gasteiger partial charge in [-0.1, -0.05) is 0 Å². The van der Waals surface area contributed by atoms with Gasteiger partial charge in [-0.15, -0.1) is 0 Å².